The predicted octanol–water partition coefficient (Wildman–Crippen LogP) is 2.21. The highest BCUT2D eigenvalue weighted by Gasteiger charge is 2.41. The third-order valence-corrected chi connectivity index (χ3v) is 7.23. The van der Waals surface area contributed by atoms with Gasteiger partial charge in [0.1, 0.15) is 11.5 Å². The standard InChI is InChI=1S/C24H35N3O5/c1-30-19-6-7-21(31-2)20(15-19)27-16-18(14-22(27)28)23(29)25-17-24(8-4-3-5-9-24)26-10-12-32-13-11-26/h6-7,15,18H,3-5,8-14,16-17H2,1-2H3,(H,25,29). The smallest absolute Gasteiger partial charge is 0.227 e. The Labute approximate surface area is 190 Å². The van der Waals surface area contributed by atoms with Gasteiger partial charge in [-0.2, -0.15) is 0 Å². The van der Waals surface area contributed by atoms with Crippen molar-refractivity contribution in [1.29, 1.82) is 0 Å². The number of carbonyl (C=O) groups is 2. The average Bonchev–Trinajstić information content (AvgIpc) is 3.24. The van der Waals surface area contributed by atoms with Crippen molar-refractivity contribution in [3.8, 4) is 11.5 Å². The highest BCUT2D eigenvalue weighted by atomic mass is 16.5. The van der Waals surface area contributed by atoms with Crippen LogP contribution in [-0.2, 0) is 14.3 Å². The van der Waals surface area contributed by atoms with Crippen LogP contribution in [0.4, 0.5) is 5.69 Å². The molecule has 0 bridgehead atoms. The summed E-state index contributed by atoms with van der Waals surface area (Å²) >= 11 is 0. The number of hydrogen-bond acceptors (Lipinski definition) is 6. The molecule has 1 aromatic carbocycles. The lowest BCUT2D eigenvalue weighted by Gasteiger charge is -2.48. The summed E-state index contributed by atoms with van der Waals surface area (Å²) in [4.78, 5) is 30.1. The molecule has 0 radical (unpaired) electrons. The van der Waals surface area contributed by atoms with Crippen molar-refractivity contribution >= 4 is 17.5 Å². The molecule has 176 valence electrons. The number of rotatable bonds is 7. The lowest BCUT2D eigenvalue weighted by Crippen LogP contribution is -2.60. The monoisotopic (exact) mass is 445 g/mol. The van der Waals surface area contributed by atoms with Crippen molar-refractivity contribution in [3.63, 3.8) is 0 Å². The number of nitrogens with zero attached hydrogens (tertiary/aromatic N) is 2. The van der Waals surface area contributed by atoms with Gasteiger partial charge in [0.25, 0.3) is 0 Å². The number of methoxy groups -OCH3 is 2. The van der Waals surface area contributed by atoms with Gasteiger partial charge in [0.15, 0.2) is 0 Å². The molecule has 2 aliphatic heterocycles. The summed E-state index contributed by atoms with van der Waals surface area (Å²) < 4.78 is 16.3. The normalized spacial score (nSPS) is 23.8. The number of ether oxygens (including phenoxy) is 3. The molecular formula is C24H35N3O5. The molecule has 1 N–H and O–H groups in total. The molecule has 1 atom stereocenters. The van der Waals surface area contributed by atoms with Gasteiger partial charge >= 0.3 is 0 Å². The number of amides is 2. The van der Waals surface area contributed by atoms with E-state index in [1.165, 1.54) is 19.3 Å². The van der Waals surface area contributed by atoms with E-state index in [4.69, 9.17) is 14.2 Å². The van der Waals surface area contributed by atoms with E-state index in [9.17, 15) is 9.59 Å². The maximum Gasteiger partial charge on any atom is 0.227 e. The Bertz CT molecular complexity index is 818. The Morgan fingerprint density at radius 2 is 1.91 bits per heavy atom. The van der Waals surface area contributed by atoms with Crippen LogP contribution in [0.3, 0.4) is 0 Å². The maximum absolute atomic E-state index is 13.1. The molecule has 1 aromatic rings. The van der Waals surface area contributed by atoms with Gasteiger partial charge in [0.05, 0.1) is 39.0 Å². The van der Waals surface area contributed by atoms with E-state index < -0.39 is 0 Å². The molecule has 1 aliphatic carbocycles. The van der Waals surface area contributed by atoms with Crippen molar-refractivity contribution in [2.24, 2.45) is 5.92 Å². The molecule has 2 amide bonds. The Hall–Kier alpha value is -2.32. The highest BCUT2D eigenvalue weighted by Crippen LogP contribution is 2.37. The summed E-state index contributed by atoms with van der Waals surface area (Å²) in [6.45, 7) is 4.33. The zero-order chi connectivity index (χ0) is 22.6. The lowest BCUT2D eigenvalue weighted by atomic mass is 9.79. The van der Waals surface area contributed by atoms with Gasteiger partial charge in [-0.1, -0.05) is 19.3 Å². The summed E-state index contributed by atoms with van der Waals surface area (Å²) in [5, 5.41) is 3.22. The molecule has 0 aromatic heterocycles. The first-order valence-electron chi connectivity index (χ1n) is 11.7. The molecule has 2 heterocycles. The summed E-state index contributed by atoms with van der Waals surface area (Å²) in [6, 6.07) is 5.36. The first-order valence-corrected chi connectivity index (χ1v) is 11.7. The van der Waals surface area contributed by atoms with Crippen molar-refractivity contribution in [2.75, 3.05) is 58.5 Å². The number of hydrogen-bond donors (Lipinski definition) is 1. The van der Waals surface area contributed by atoms with Gasteiger partial charge in [-0.3, -0.25) is 14.5 Å². The van der Waals surface area contributed by atoms with E-state index in [1.54, 1.807) is 37.3 Å². The molecule has 4 rings (SSSR count). The Balaban J connectivity index is 1.42. The number of benzene rings is 1. The first kappa shape index (κ1) is 22.9. The van der Waals surface area contributed by atoms with E-state index >= 15 is 0 Å². The molecule has 8 heteroatoms. The number of anilines is 1. The fourth-order valence-corrected chi connectivity index (χ4v) is 5.37. The molecule has 1 saturated carbocycles. The molecule has 8 nitrogen and oxygen atoms in total. The second-order valence-corrected chi connectivity index (χ2v) is 9.05. The topological polar surface area (TPSA) is 80.3 Å². The Kier molecular flexibility index (Phi) is 7.20. The largest absolute Gasteiger partial charge is 0.497 e. The third-order valence-electron chi connectivity index (χ3n) is 7.23. The number of carbonyl (C=O) groups excluding carboxylic acids is 2. The highest BCUT2D eigenvalue weighted by molar-refractivity contribution is 6.01. The van der Waals surface area contributed by atoms with Crippen LogP contribution in [0.1, 0.15) is 38.5 Å². The zero-order valence-corrected chi connectivity index (χ0v) is 19.2. The van der Waals surface area contributed by atoms with Crippen LogP contribution in [-0.4, -0.2) is 75.9 Å². The second kappa shape index (κ2) is 10.1. The SMILES string of the molecule is COc1ccc(OC)c(N2CC(C(=O)NCC3(N4CCOCC4)CCCCC3)CC2=O)c1. The van der Waals surface area contributed by atoms with Crippen molar-refractivity contribution < 1.29 is 23.8 Å². The van der Waals surface area contributed by atoms with Crippen LogP contribution < -0.4 is 19.7 Å². The summed E-state index contributed by atoms with van der Waals surface area (Å²) in [6.07, 6.45) is 6.05. The van der Waals surface area contributed by atoms with Gasteiger partial charge in [-0.15, -0.1) is 0 Å². The molecule has 0 spiro atoms. The maximum atomic E-state index is 13.1. The molecule has 3 aliphatic rings. The fourth-order valence-electron chi connectivity index (χ4n) is 5.37. The molecular weight excluding hydrogens is 410 g/mol. The van der Waals surface area contributed by atoms with Crippen LogP contribution in [0.15, 0.2) is 18.2 Å². The number of nitrogens with one attached hydrogen (secondary N) is 1. The quantitative estimate of drug-likeness (QED) is 0.693. The fraction of sp³-hybridized carbons (Fsp3) is 0.667. The van der Waals surface area contributed by atoms with Gasteiger partial charge in [0.2, 0.25) is 11.8 Å². The van der Waals surface area contributed by atoms with Gasteiger partial charge < -0.3 is 24.4 Å². The zero-order valence-electron chi connectivity index (χ0n) is 19.2. The first-order chi connectivity index (χ1) is 15.6. The average molecular weight is 446 g/mol. The molecule has 1 unspecified atom stereocenters. The predicted molar refractivity (Wildman–Crippen MR) is 121 cm³/mol. The van der Waals surface area contributed by atoms with Gasteiger partial charge in [-0.05, 0) is 25.0 Å². The van der Waals surface area contributed by atoms with Crippen molar-refractivity contribution in [1.82, 2.24) is 10.2 Å². The van der Waals surface area contributed by atoms with Crippen LogP contribution in [0.2, 0.25) is 0 Å². The summed E-state index contributed by atoms with van der Waals surface area (Å²) in [5.74, 6) is 0.752. The van der Waals surface area contributed by atoms with Crippen molar-refractivity contribution in [3.05, 3.63) is 18.2 Å². The van der Waals surface area contributed by atoms with E-state index in [-0.39, 0.29) is 29.7 Å². The molecule has 32 heavy (non-hydrogen) atoms. The summed E-state index contributed by atoms with van der Waals surface area (Å²) in [7, 11) is 3.16. The van der Waals surface area contributed by atoms with Crippen molar-refractivity contribution in [2.45, 2.75) is 44.1 Å². The van der Waals surface area contributed by atoms with Crippen LogP contribution in [0.5, 0.6) is 11.5 Å². The minimum Gasteiger partial charge on any atom is -0.497 e. The lowest BCUT2D eigenvalue weighted by molar-refractivity contribution is -0.127. The van der Waals surface area contributed by atoms with E-state index in [0.717, 1.165) is 39.1 Å². The molecule has 3 fully saturated rings. The van der Waals surface area contributed by atoms with E-state index in [1.807, 2.05) is 0 Å². The minimum absolute atomic E-state index is 0.00993. The van der Waals surface area contributed by atoms with Crippen LogP contribution in [0, 0.1) is 5.92 Å². The van der Waals surface area contributed by atoms with Crippen LogP contribution in [0.25, 0.3) is 0 Å². The minimum atomic E-state index is -0.372. The van der Waals surface area contributed by atoms with Crippen LogP contribution >= 0.6 is 0 Å². The van der Waals surface area contributed by atoms with Gasteiger partial charge in [0, 0.05) is 44.2 Å². The van der Waals surface area contributed by atoms with E-state index in [2.05, 4.69) is 10.2 Å². The Morgan fingerprint density at radius 1 is 1.16 bits per heavy atom. The van der Waals surface area contributed by atoms with E-state index in [0.29, 0.717) is 30.3 Å². The Morgan fingerprint density at radius 3 is 2.59 bits per heavy atom. The summed E-state index contributed by atoms with van der Waals surface area (Å²) in [5.41, 5.74) is 0.653. The third kappa shape index (κ3) is 4.71. The van der Waals surface area contributed by atoms with Gasteiger partial charge in [-0.25, -0.2) is 0 Å². The number of morpholine rings is 1. The molecule has 2 saturated heterocycles. The second-order valence-electron chi connectivity index (χ2n) is 9.05.